The van der Waals surface area contributed by atoms with Crippen LogP contribution >= 0.6 is 11.3 Å². The van der Waals surface area contributed by atoms with E-state index in [0.717, 1.165) is 31.2 Å². The molecule has 5 atom stereocenters. The minimum Gasteiger partial charge on any atom is -0.390 e. The third-order valence-electron chi connectivity index (χ3n) is 10.4. The monoisotopic (exact) mass is 682 g/mol. The maximum atomic E-state index is 14.3. The lowest BCUT2D eigenvalue weighted by atomic mass is 9.80. The molecule has 0 radical (unpaired) electrons. The number of anilines is 1. The highest BCUT2D eigenvalue weighted by atomic mass is 32.1. The summed E-state index contributed by atoms with van der Waals surface area (Å²) in [5.74, 6) is -2.27. The molecular formula is C36H54N6O5S. The van der Waals surface area contributed by atoms with Gasteiger partial charge in [0.1, 0.15) is 6.54 Å². The van der Waals surface area contributed by atoms with Gasteiger partial charge in [-0.1, -0.05) is 62.4 Å². The summed E-state index contributed by atoms with van der Waals surface area (Å²) < 4.78 is 0. The van der Waals surface area contributed by atoms with Crippen LogP contribution in [-0.2, 0) is 25.6 Å². The summed E-state index contributed by atoms with van der Waals surface area (Å²) in [6.45, 7) is 5.70. The minimum atomic E-state index is -1.08. The lowest BCUT2D eigenvalue weighted by Gasteiger charge is -2.34. The van der Waals surface area contributed by atoms with Crippen LogP contribution in [0.2, 0.25) is 0 Å². The van der Waals surface area contributed by atoms with Crippen LogP contribution in [0.3, 0.4) is 0 Å². The Morgan fingerprint density at radius 1 is 1.12 bits per heavy atom. The van der Waals surface area contributed by atoms with Gasteiger partial charge in [0.05, 0.1) is 35.7 Å². The van der Waals surface area contributed by atoms with Crippen LogP contribution < -0.4 is 11.1 Å². The largest absolute Gasteiger partial charge is 0.390 e. The average molecular weight is 683 g/mol. The number of nitrogens with zero attached hydrogens (tertiary/aromatic N) is 4. The summed E-state index contributed by atoms with van der Waals surface area (Å²) in [6.07, 6.45) is 5.33. The van der Waals surface area contributed by atoms with Crippen molar-refractivity contribution < 1.29 is 24.3 Å². The summed E-state index contributed by atoms with van der Waals surface area (Å²) in [6, 6.07) is 8.40. The number of hydrogen-bond donors (Lipinski definition) is 3. The molecule has 0 unspecified atom stereocenters. The molecule has 2 aromatic rings. The molecule has 1 aromatic carbocycles. The zero-order valence-corrected chi connectivity index (χ0v) is 30.2. The first kappa shape index (κ1) is 37.3. The molecule has 264 valence electrons. The predicted octanol–water partition coefficient (Wildman–Crippen LogP) is 4.03. The molecule has 1 aliphatic carbocycles. The van der Waals surface area contributed by atoms with Gasteiger partial charge in [-0.15, -0.1) is 11.3 Å². The Kier molecular flexibility index (Phi) is 12.6. The highest BCUT2D eigenvalue weighted by Crippen LogP contribution is 2.37. The number of carbonyl (C=O) groups excluding carboxylic acids is 4. The van der Waals surface area contributed by atoms with Crippen molar-refractivity contribution >= 4 is 40.1 Å². The van der Waals surface area contributed by atoms with Crippen LogP contribution in [0.5, 0.6) is 0 Å². The number of hydrogen-bond acceptors (Lipinski definition) is 8. The standard InChI is InChI=1S/C36H54N6O5S/c1-23(25-15-11-8-12-16-25)42(21-31(44)40(4)5)30(43)19-26(18-27-22-48-35(37)38-27)33(46)39-29(17-24-13-9-7-10-14-24)32(45)28-20-36(2,3)41(6)34(28)47/h8,11-12,15-16,22-24,26,28-29,32,45H,7,9-10,13-14,17-21H2,1-6H3,(H2,37,38)(H,39,46)/t23-,26-,28-,29-,32-/m0/s1. The first-order valence-electron chi connectivity index (χ1n) is 17.2. The number of nitrogen functional groups attached to an aromatic ring is 1. The summed E-state index contributed by atoms with van der Waals surface area (Å²) in [5.41, 5.74) is 6.98. The Hall–Kier alpha value is -3.51. The first-order chi connectivity index (χ1) is 22.7. The van der Waals surface area contributed by atoms with Gasteiger partial charge in [-0.05, 0) is 45.1 Å². The van der Waals surface area contributed by atoms with E-state index in [-0.39, 0.29) is 43.0 Å². The van der Waals surface area contributed by atoms with Crippen LogP contribution in [0.15, 0.2) is 35.7 Å². The topological polar surface area (TPSA) is 149 Å². The zero-order chi connectivity index (χ0) is 35.2. The number of likely N-dealkylation sites (tertiary alicyclic amines) is 1. The molecule has 2 heterocycles. The minimum absolute atomic E-state index is 0.129. The first-order valence-corrected chi connectivity index (χ1v) is 18.1. The van der Waals surface area contributed by atoms with Gasteiger partial charge in [0.25, 0.3) is 0 Å². The van der Waals surface area contributed by atoms with Crippen molar-refractivity contribution in [3.05, 3.63) is 47.0 Å². The Labute approximate surface area is 289 Å². The maximum Gasteiger partial charge on any atom is 0.241 e. The van der Waals surface area contributed by atoms with E-state index in [1.807, 2.05) is 51.1 Å². The molecule has 4 amide bonds. The van der Waals surface area contributed by atoms with Gasteiger partial charge in [-0.3, -0.25) is 19.2 Å². The van der Waals surface area contributed by atoms with E-state index < -0.39 is 35.6 Å². The fourth-order valence-electron chi connectivity index (χ4n) is 7.12. The number of amides is 4. The maximum absolute atomic E-state index is 14.3. The molecule has 2 fully saturated rings. The van der Waals surface area contributed by atoms with E-state index in [0.29, 0.717) is 29.6 Å². The second-order valence-corrected chi connectivity index (χ2v) is 15.4. The van der Waals surface area contributed by atoms with Crippen LogP contribution in [0.25, 0.3) is 0 Å². The molecule has 2 aliphatic rings. The number of aliphatic hydroxyl groups is 1. The number of nitrogens with one attached hydrogen (secondary N) is 1. The van der Waals surface area contributed by atoms with Crippen molar-refractivity contribution in [2.45, 2.75) is 102 Å². The van der Waals surface area contributed by atoms with E-state index in [4.69, 9.17) is 5.73 Å². The van der Waals surface area contributed by atoms with E-state index in [1.165, 1.54) is 27.6 Å². The predicted molar refractivity (Wildman–Crippen MR) is 188 cm³/mol. The van der Waals surface area contributed by atoms with Gasteiger partial charge in [0, 0.05) is 44.9 Å². The van der Waals surface area contributed by atoms with Crippen molar-refractivity contribution in [2.75, 3.05) is 33.4 Å². The van der Waals surface area contributed by atoms with Gasteiger partial charge in [0.2, 0.25) is 23.6 Å². The molecule has 48 heavy (non-hydrogen) atoms. The number of aliphatic hydroxyl groups excluding tert-OH is 1. The Balaban J connectivity index is 1.62. The van der Waals surface area contributed by atoms with Crippen LogP contribution in [-0.4, -0.2) is 93.8 Å². The Bertz CT molecular complexity index is 1410. The van der Waals surface area contributed by atoms with Gasteiger partial charge >= 0.3 is 0 Å². The van der Waals surface area contributed by atoms with Gasteiger partial charge in [0.15, 0.2) is 5.13 Å². The number of likely N-dealkylation sites (N-methyl/N-ethyl adjacent to an activating group) is 1. The second kappa shape index (κ2) is 16.3. The van der Waals surface area contributed by atoms with E-state index >= 15 is 0 Å². The number of rotatable bonds is 14. The number of benzene rings is 1. The van der Waals surface area contributed by atoms with Gasteiger partial charge in [-0.25, -0.2) is 4.98 Å². The number of aromatic nitrogens is 1. The van der Waals surface area contributed by atoms with Crippen LogP contribution in [0.4, 0.5) is 5.13 Å². The summed E-state index contributed by atoms with van der Waals surface area (Å²) in [5, 5.41) is 17.1. The summed E-state index contributed by atoms with van der Waals surface area (Å²) in [4.78, 5) is 63.7. The SMILES string of the molecule is C[C@@H](c1ccccc1)N(CC(=O)N(C)C)C(=O)C[C@H](Cc1csc(N)n1)C(=O)N[C@@H](CC1CCCCC1)[C@@H](O)[C@@H]1CC(C)(C)N(C)C1=O. The highest BCUT2D eigenvalue weighted by Gasteiger charge is 2.48. The van der Waals surface area contributed by atoms with Crippen LogP contribution in [0, 0.1) is 17.8 Å². The van der Waals surface area contributed by atoms with Crippen molar-refractivity contribution in [2.24, 2.45) is 17.8 Å². The fourth-order valence-corrected chi connectivity index (χ4v) is 7.69. The molecule has 1 saturated heterocycles. The highest BCUT2D eigenvalue weighted by molar-refractivity contribution is 7.13. The fraction of sp³-hybridized carbons (Fsp3) is 0.639. The third-order valence-corrected chi connectivity index (χ3v) is 11.2. The molecule has 1 aliphatic heterocycles. The van der Waals surface area contributed by atoms with Gasteiger partial charge < -0.3 is 30.9 Å². The van der Waals surface area contributed by atoms with Crippen molar-refractivity contribution in [1.82, 2.24) is 25.0 Å². The molecule has 11 nitrogen and oxygen atoms in total. The van der Waals surface area contributed by atoms with Crippen molar-refractivity contribution in [3.63, 3.8) is 0 Å². The molecule has 4 N–H and O–H groups in total. The lowest BCUT2D eigenvalue weighted by Crippen LogP contribution is -2.51. The van der Waals surface area contributed by atoms with E-state index in [9.17, 15) is 24.3 Å². The second-order valence-electron chi connectivity index (χ2n) is 14.5. The number of thiazole rings is 1. The van der Waals surface area contributed by atoms with Crippen LogP contribution in [0.1, 0.15) is 89.4 Å². The molecular weight excluding hydrogens is 628 g/mol. The Morgan fingerprint density at radius 3 is 2.35 bits per heavy atom. The van der Waals surface area contributed by atoms with Crippen molar-refractivity contribution in [1.29, 1.82) is 0 Å². The van der Waals surface area contributed by atoms with Gasteiger partial charge in [-0.2, -0.15) is 0 Å². The molecule has 0 spiro atoms. The molecule has 4 rings (SSSR count). The molecule has 0 bridgehead atoms. The zero-order valence-electron chi connectivity index (χ0n) is 29.4. The van der Waals surface area contributed by atoms with Crippen molar-refractivity contribution in [3.8, 4) is 0 Å². The molecule has 1 aromatic heterocycles. The summed E-state index contributed by atoms with van der Waals surface area (Å²) in [7, 11) is 5.05. The number of carbonyl (C=O) groups is 4. The average Bonchev–Trinajstić information content (AvgIpc) is 3.57. The van der Waals surface area contributed by atoms with E-state index in [2.05, 4.69) is 10.3 Å². The smallest absolute Gasteiger partial charge is 0.241 e. The Morgan fingerprint density at radius 2 is 1.79 bits per heavy atom. The normalized spacial score (nSPS) is 20.5. The number of nitrogens with two attached hydrogens (primary N) is 1. The molecule has 12 heteroatoms. The lowest BCUT2D eigenvalue weighted by molar-refractivity contribution is -0.143. The summed E-state index contributed by atoms with van der Waals surface area (Å²) >= 11 is 1.26. The quantitative estimate of drug-likeness (QED) is 0.273. The third kappa shape index (κ3) is 9.34. The van der Waals surface area contributed by atoms with E-state index in [1.54, 1.807) is 31.4 Å². The molecule has 1 saturated carbocycles.